The number of aliphatic imine (C=N–C) groups is 2. The van der Waals surface area contributed by atoms with E-state index in [2.05, 4.69) is 39.8 Å². The van der Waals surface area contributed by atoms with Gasteiger partial charge in [0.05, 0.1) is 28.2 Å². The molecule has 3 aromatic carbocycles. The van der Waals surface area contributed by atoms with Gasteiger partial charge in [-0.25, -0.2) is 4.99 Å². The van der Waals surface area contributed by atoms with Gasteiger partial charge in [0.2, 0.25) is 5.96 Å². The van der Waals surface area contributed by atoms with Crippen LogP contribution in [0.4, 0.5) is 22.7 Å². The third-order valence-electron chi connectivity index (χ3n) is 5.44. The van der Waals surface area contributed by atoms with Gasteiger partial charge in [0.1, 0.15) is 10.1 Å². The summed E-state index contributed by atoms with van der Waals surface area (Å²) in [5, 5.41) is 4.82. The van der Waals surface area contributed by atoms with Crippen molar-refractivity contribution in [1.29, 1.82) is 0 Å². The number of halogens is 2. The molecule has 39 heavy (non-hydrogen) atoms. The van der Waals surface area contributed by atoms with Gasteiger partial charge in [0.25, 0.3) is 10.1 Å². The van der Waals surface area contributed by atoms with Crippen molar-refractivity contribution in [2.24, 2.45) is 15.7 Å². The number of hydrogen-bond donors (Lipinski definition) is 6. The Morgan fingerprint density at radius 1 is 0.974 bits per heavy atom. The quantitative estimate of drug-likeness (QED) is 0.0480. The van der Waals surface area contributed by atoms with E-state index in [-0.39, 0.29) is 61.0 Å². The average Bonchev–Trinajstić information content (AvgIpc) is 2.84. The number of hydrogen-bond acceptors (Lipinski definition) is 8. The second-order valence-corrected chi connectivity index (χ2v) is 10.7. The first-order chi connectivity index (χ1) is 18.3. The van der Waals surface area contributed by atoms with E-state index in [9.17, 15) is 22.6 Å². The zero-order chi connectivity index (χ0) is 28.6. The maximum absolute atomic E-state index is 13.4. The molecule has 0 saturated carbocycles. The van der Waals surface area contributed by atoms with Gasteiger partial charge in [-0.3, -0.25) is 14.1 Å². The van der Waals surface area contributed by atoms with Gasteiger partial charge in [0, 0.05) is 21.7 Å². The molecule has 0 heterocycles. The summed E-state index contributed by atoms with van der Waals surface area (Å²) in [4.78, 5) is 33.7. The zero-order valence-corrected chi connectivity index (χ0v) is 22.8. The van der Waals surface area contributed by atoms with Gasteiger partial charge in [-0.1, -0.05) is 42.4 Å². The van der Waals surface area contributed by atoms with E-state index in [4.69, 9.17) is 34.7 Å². The van der Waals surface area contributed by atoms with E-state index in [0.717, 1.165) is 6.07 Å². The van der Waals surface area contributed by atoms with Crippen LogP contribution in [0.25, 0.3) is 0 Å². The zero-order valence-electron chi connectivity index (χ0n) is 19.6. The van der Waals surface area contributed by atoms with Crippen LogP contribution in [0, 0.1) is 0 Å². The number of rotatable bonds is 5. The number of nitrogen functional groups attached to an aromatic ring is 1. The summed E-state index contributed by atoms with van der Waals surface area (Å²) in [5.74, 6) is -1.24. The predicted octanol–water partition coefficient (Wildman–Crippen LogP) is 4.35. The van der Waals surface area contributed by atoms with Gasteiger partial charge in [-0.15, -0.1) is 12.6 Å². The molecule has 0 amide bonds. The van der Waals surface area contributed by atoms with E-state index in [0.29, 0.717) is 0 Å². The highest BCUT2D eigenvalue weighted by molar-refractivity contribution is 7.86. The van der Waals surface area contributed by atoms with E-state index >= 15 is 0 Å². The van der Waals surface area contributed by atoms with Crippen molar-refractivity contribution in [2.75, 3.05) is 16.4 Å². The molecule has 4 rings (SSSR count). The number of fused-ring (bicyclic) bond motifs is 2. The molecule has 0 fully saturated rings. The molecule has 15 heteroatoms. The number of thiol groups is 1. The second kappa shape index (κ2) is 10.7. The van der Waals surface area contributed by atoms with Gasteiger partial charge in [0.15, 0.2) is 16.9 Å². The molecule has 11 nitrogen and oxygen atoms in total. The monoisotopic (exact) mass is 604 g/mol. The number of guanidine groups is 1. The Morgan fingerprint density at radius 3 is 2.15 bits per heavy atom. The predicted molar refractivity (Wildman–Crippen MR) is 154 cm³/mol. The second-order valence-electron chi connectivity index (χ2n) is 7.99. The molecule has 1 aliphatic carbocycles. The number of amidine groups is 1. The summed E-state index contributed by atoms with van der Waals surface area (Å²) >= 11 is 15.6. The smallest absolute Gasteiger partial charge is 0.296 e. The minimum absolute atomic E-state index is 0.00780. The Kier molecular flexibility index (Phi) is 7.73. The van der Waals surface area contributed by atoms with E-state index in [1.807, 2.05) is 0 Å². The number of ketones is 2. The number of carbonyl (C=O) groups excluding carboxylic acids is 2. The highest BCUT2D eigenvalue weighted by atomic mass is 35.5. The van der Waals surface area contributed by atoms with E-state index in [1.165, 1.54) is 30.3 Å². The maximum atomic E-state index is 13.4. The normalized spacial score (nSPS) is 13.5. The molecule has 0 atom stereocenters. The topological polar surface area (TPSA) is 189 Å². The minimum Gasteiger partial charge on any atom is -0.397 e. The minimum atomic E-state index is -4.82. The van der Waals surface area contributed by atoms with Crippen molar-refractivity contribution in [3.8, 4) is 0 Å². The highest BCUT2D eigenvalue weighted by Crippen LogP contribution is 2.40. The van der Waals surface area contributed by atoms with Crippen molar-refractivity contribution in [3.05, 3.63) is 82.5 Å². The summed E-state index contributed by atoms with van der Waals surface area (Å²) in [5.41, 5.74) is 12.0. The van der Waals surface area contributed by atoms with Crippen molar-refractivity contribution in [2.45, 2.75) is 9.79 Å². The Bertz CT molecular complexity index is 1750. The number of nitrogens with one attached hydrogen (secondary N) is 2. The first-order valence-corrected chi connectivity index (χ1v) is 13.3. The largest absolute Gasteiger partial charge is 0.397 e. The molecule has 0 bridgehead atoms. The van der Waals surface area contributed by atoms with Crippen LogP contribution < -0.4 is 22.1 Å². The number of nitrogens with zero attached hydrogens (tertiary/aromatic N) is 2. The van der Waals surface area contributed by atoms with E-state index in [1.54, 1.807) is 12.1 Å². The Hall–Kier alpha value is -3.88. The average molecular weight is 605 g/mol. The van der Waals surface area contributed by atoms with Crippen molar-refractivity contribution in [1.82, 2.24) is 0 Å². The lowest BCUT2D eigenvalue weighted by Gasteiger charge is -2.23. The third-order valence-corrected chi connectivity index (χ3v) is 6.87. The summed E-state index contributed by atoms with van der Waals surface area (Å²) in [6.07, 6.45) is 0. The number of anilines is 4. The van der Waals surface area contributed by atoms with Crippen LogP contribution in [0.2, 0.25) is 0 Å². The number of carbonyl (C=O) groups is 2. The molecular weight excluding hydrogens is 587 g/mol. The molecule has 0 spiro atoms. The highest BCUT2D eigenvalue weighted by Gasteiger charge is 2.34. The summed E-state index contributed by atoms with van der Waals surface area (Å²) < 4.78 is 34.4. The van der Waals surface area contributed by atoms with Crippen molar-refractivity contribution in [3.63, 3.8) is 0 Å². The first-order valence-electron chi connectivity index (χ1n) is 10.7. The first kappa shape index (κ1) is 28.1. The fourth-order valence-electron chi connectivity index (χ4n) is 3.89. The van der Waals surface area contributed by atoms with Crippen LogP contribution in [-0.4, -0.2) is 35.8 Å². The van der Waals surface area contributed by atoms with Gasteiger partial charge >= 0.3 is 0 Å². The Balaban J connectivity index is 1.82. The van der Waals surface area contributed by atoms with Crippen molar-refractivity contribution < 1.29 is 22.6 Å². The molecule has 0 aromatic heterocycles. The van der Waals surface area contributed by atoms with Crippen LogP contribution in [0.15, 0.2) is 80.0 Å². The molecular formula is C24H18Cl2N6O5S2. The lowest BCUT2D eigenvalue weighted by atomic mass is 9.82. The van der Waals surface area contributed by atoms with E-state index < -0.39 is 31.9 Å². The molecule has 0 radical (unpaired) electrons. The fourth-order valence-corrected chi connectivity index (χ4v) is 4.97. The third kappa shape index (κ3) is 5.77. The summed E-state index contributed by atoms with van der Waals surface area (Å²) in [6, 6.07) is 11.5. The Labute approximate surface area is 237 Å². The van der Waals surface area contributed by atoms with Gasteiger partial charge in [-0.2, -0.15) is 13.4 Å². The van der Waals surface area contributed by atoms with Crippen molar-refractivity contribution >= 4 is 91.5 Å². The van der Waals surface area contributed by atoms with Crippen LogP contribution in [0.3, 0.4) is 0 Å². The molecule has 3 aromatic rings. The lowest BCUT2D eigenvalue weighted by Crippen LogP contribution is -2.24. The van der Waals surface area contributed by atoms with Crippen LogP contribution in [-0.2, 0) is 10.1 Å². The van der Waals surface area contributed by atoms with Crippen LogP contribution >= 0.6 is 35.8 Å². The molecule has 0 saturated heterocycles. The Morgan fingerprint density at radius 2 is 1.59 bits per heavy atom. The number of benzene rings is 3. The molecule has 0 aliphatic heterocycles. The molecule has 7 N–H and O–H groups in total. The van der Waals surface area contributed by atoms with Gasteiger partial charge in [-0.05, 0) is 35.9 Å². The van der Waals surface area contributed by atoms with Crippen LogP contribution in [0.5, 0.6) is 0 Å². The number of nitrogens with two attached hydrogens (primary N) is 2. The maximum Gasteiger partial charge on any atom is 0.296 e. The van der Waals surface area contributed by atoms with Gasteiger partial charge < -0.3 is 22.1 Å². The molecule has 0 unspecified atom stereocenters. The van der Waals surface area contributed by atoms with Crippen LogP contribution in [0.1, 0.15) is 31.8 Å². The fraction of sp³-hybridized carbons (Fsp3) is 0. The standard InChI is InChI=1S/C24H18Cl2N6O5S2/c1-10(25)29-24(32-23(26)28)31-14-7-6-11(8-17(14)39(35,36)37)30-15-9-16(38)20(27)19-18(15)21(33)12-4-2-3-5-13(12)22(19)34/h2-9,30,38H,1,27H2,(H,35,36,37)(H3,28,29,31,32). The summed E-state index contributed by atoms with van der Waals surface area (Å²) in [6.45, 7) is 3.39. The summed E-state index contributed by atoms with van der Waals surface area (Å²) in [7, 11) is -4.82. The molecule has 200 valence electrons. The lowest BCUT2D eigenvalue weighted by molar-refractivity contribution is 0.0980. The molecule has 1 aliphatic rings. The SMILES string of the molecule is C=C(Cl)/N=C(\N=C(/N)Cl)Nc1ccc(Nc2cc(S)c(N)c3c2C(=O)c2ccccc2C3=O)cc1S(=O)(=O)O.